The number of hydrogen-bond donors (Lipinski definition) is 1. The molecular formula is C14H24BrN3. The Morgan fingerprint density at radius 2 is 1.89 bits per heavy atom. The summed E-state index contributed by atoms with van der Waals surface area (Å²) in [5.74, 6) is 0. The molecule has 0 spiro atoms. The van der Waals surface area contributed by atoms with Crippen molar-refractivity contribution in [2.75, 3.05) is 39.1 Å². The Balaban J connectivity index is 2.63. The van der Waals surface area contributed by atoms with Crippen LogP contribution in [-0.2, 0) is 0 Å². The lowest BCUT2D eigenvalue weighted by atomic mass is 10.1. The largest absolute Gasteiger partial charge is 0.375 e. The Bertz CT molecular complexity index is 377. The van der Waals surface area contributed by atoms with Gasteiger partial charge in [-0.25, -0.2) is 0 Å². The first kappa shape index (κ1) is 15.5. The van der Waals surface area contributed by atoms with E-state index in [9.17, 15) is 0 Å². The lowest BCUT2D eigenvalue weighted by molar-refractivity contribution is 0.401. The zero-order valence-corrected chi connectivity index (χ0v) is 13.4. The van der Waals surface area contributed by atoms with E-state index in [1.165, 1.54) is 5.69 Å². The van der Waals surface area contributed by atoms with Crippen molar-refractivity contribution in [3.63, 3.8) is 0 Å². The van der Waals surface area contributed by atoms with Crippen LogP contribution >= 0.6 is 15.9 Å². The molecule has 0 aliphatic carbocycles. The fraction of sp³-hybridized carbons (Fsp3) is 0.571. The quantitative estimate of drug-likeness (QED) is 0.876. The minimum Gasteiger partial charge on any atom is -0.375 e. The molecule has 1 rings (SSSR count). The molecule has 1 aromatic rings. The normalized spacial score (nSPS) is 12.8. The maximum atomic E-state index is 5.91. The summed E-state index contributed by atoms with van der Waals surface area (Å²) in [6.07, 6.45) is 1.16. The average Bonchev–Trinajstić information content (AvgIpc) is 2.27. The fourth-order valence-electron chi connectivity index (χ4n) is 1.88. The Hall–Kier alpha value is -0.580. The van der Waals surface area contributed by atoms with Crippen LogP contribution in [0.25, 0.3) is 0 Å². The summed E-state index contributed by atoms with van der Waals surface area (Å²) < 4.78 is 1.09. The van der Waals surface area contributed by atoms with Crippen molar-refractivity contribution < 1.29 is 0 Å². The number of anilines is 1. The molecule has 102 valence electrons. The Morgan fingerprint density at radius 3 is 2.39 bits per heavy atom. The molecule has 0 unspecified atom stereocenters. The van der Waals surface area contributed by atoms with Crippen LogP contribution in [0.1, 0.15) is 24.9 Å². The molecule has 0 saturated carbocycles. The van der Waals surface area contributed by atoms with Gasteiger partial charge in [-0.05, 0) is 51.7 Å². The summed E-state index contributed by atoms with van der Waals surface area (Å²) in [7, 11) is 6.34. The van der Waals surface area contributed by atoms with Gasteiger partial charge >= 0.3 is 0 Å². The highest BCUT2D eigenvalue weighted by atomic mass is 79.9. The van der Waals surface area contributed by atoms with Crippen molar-refractivity contribution in [1.29, 1.82) is 0 Å². The number of halogens is 1. The predicted molar refractivity (Wildman–Crippen MR) is 83.2 cm³/mol. The molecular weight excluding hydrogens is 290 g/mol. The molecule has 18 heavy (non-hydrogen) atoms. The van der Waals surface area contributed by atoms with Crippen LogP contribution in [0.15, 0.2) is 22.7 Å². The van der Waals surface area contributed by atoms with E-state index in [2.05, 4.69) is 65.1 Å². The van der Waals surface area contributed by atoms with Crippen LogP contribution in [0.3, 0.4) is 0 Å². The van der Waals surface area contributed by atoms with E-state index in [4.69, 9.17) is 5.73 Å². The second-order valence-electron chi connectivity index (χ2n) is 5.07. The molecule has 0 amide bonds. The SMILES string of the molecule is C[C@@H](N)c1ccc(N(C)CCCN(C)C)cc1Br. The van der Waals surface area contributed by atoms with Gasteiger partial charge in [-0.3, -0.25) is 0 Å². The standard InChI is InChI=1S/C14H24BrN3/c1-11(16)13-7-6-12(10-14(13)15)18(4)9-5-8-17(2)3/h6-7,10-11H,5,8-9,16H2,1-4H3/t11-/m1/s1. The van der Waals surface area contributed by atoms with E-state index >= 15 is 0 Å². The smallest absolute Gasteiger partial charge is 0.0375 e. The lowest BCUT2D eigenvalue weighted by Crippen LogP contribution is -2.23. The van der Waals surface area contributed by atoms with E-state index in [-0.39, 0.29) is 6.04 Å². The lowest BCUT2D eigenvalue weighted by Gasteiger charge is -2.22. The summed E-state index contributed by atoms with van der Waals surface area (Å²) in [5.41, 5.74) is 8.29. The summed E-state index contributed by atoms with van der Waals surface area (Å²) in [5, 5.41) is 0. The van der Waals surface area contributed by atoms with Gasteiger partial charge in [0, 0.05) is 29.8 Å². The Kier molecular flexibility index (Phi) is 6.12. The molecule has 0 aliphatic rings. The topological polar surface area (TPSA) is 32.5 Å². The molecule has 4 heteroatoms. The molecule has 1 aromatic carbocycles. The number of nitrogens with zero attached hydrogens (tertiary/aromatic N) is 2. The number of benzene rings is 1. The molecule has 0 fully saturated rings. The minimum absolute atomic E-state index is 0.0625. The molecule has 0 saturated heterocycles. The number of rotatable bonds is 6. The molecule has 3 nitrogen and oxygen atoms in total. The third-order valence-corrected chi connectivity index (χ3v) is 3.70. The van der Waals surface area contributed by atoms with Crippen LogP contribution in [0.5, 0.6) is 0 Å². The first-order valence-corrected chi connectivity index (χ1v) is 7.12. The van der Waals surface area contributed by atoms with E-state index < -0.39 is 0 Å². The molecule has 0 aliphatic heterocycles. The van der Waals surface area contributed by atoms with Gasteiger partial charge < -0.3 is 15.5 Å². The first-order valence-electron chi connectivity index (χ1n) is 6.32. The van der Waals surface area contributed by atoms with Crippen molar-refractivity contribution in [3.05, 3.63) is 28.2 Å². The second kappa shape index (κ2) is 7.12. The van der Waals surface area contributed by atoms with Gasteiger partial charge in [-0.15, -0.1) is 0 Å². The monoisotopic (exact) mass is 313 g/mol. The highest BCUT2D eigenvalue weighted by molar-refractivity contribution is 9.10. The van der Waals surface area contributed by atoms with Gasteiger partial charge in [0.2, 0.25) is 0 Å². The first-order chi connectivity index (χ1) is 8.41. The molecule has 0 heterocycles. The highest BCUT2D eigenvalue weighted by Crippen LogP contribution is 2.27. The minimum atomic E-state index is 0.0625. The van der Waals surface area contributed by atoms with Crippen LogP contribution in [0.2, 0.25) is 0 Å². The van der Waals surface area contributed by atoms with Gasteiger partial charge in [0.1, 0.15) is 0 Å². The predicted octanol–water partition coefficient (Wildman–Crippen LogP) is 2.86. The number of hydrogen-bond acceptors (Lipinski definition) is 3. The van der Waals surface area contributed by atoms with Crippen molar-refractivity contribution in [3.8, 4) is 0 Å². The van der Waals surface area contributed by atoms with Crippen LogP contribution in [-0.4, -0.2) is 39.1 Å². The van der Waals surface area contributed by atoms with Gasteiger partial charge in [0.15, 0.2) is 0 Å². The maximum absolute atomic E-state index is 5.91. The summed E-state index contributed by atoms with van der Waals surface area (Å²) in [6.45, 7) is 4.17. The number of nitrogens with two attached hydrogens (primary N) is 1. The zero-order chi connectivity index (χ0) is 13.7. The van der Waals surface area contributed by atoms with Crippen LogP contribution in [0, 0.1) is 0 Å². The Labute approximate surface area is 119 Å². The molecule has 0 bridgehead atoms. The van der Waals surface area contributed by atoms with Gasteiger partial charge in [-0.1, -0.05) is 22.0 Å². The van der Waals surface area contributed by atoms with E-state index in [1.807, 2.05) is 6.92 Å². The molecule has 1 atom stereocenters. The molecule has 2 N–H and O–H groups in total. The van der Waals surface area contributed by atoms with Crippen LogP contribution in [0.4, 0.5) is 5.69 Å². The van der Waals surface area contributed by atoms with E-state index in [1.54, 1.807) is 0 Å². The van der Waals surface area contributed by atoms with Crippen molar-refractivity contribution in [2.45, 2.75) is 19.4 Å². The van der Waals surface area contributed by atoms with Crippen molar-refractivity contribution >= 4 is 21.6 Å². The van der Waals surface area contributed by atoms with Crippen LogP contribution < -0.4 is 10.6 Å². The fourth-order valence-corrected chi connectivity index (χ4v) is 2.60. The molecule has 0 radical (unpaired) electrons. The van der Waals surface area contributed by atoms with Gasteiger partial charge in [0.05, 0.1) is 0 Å². The Morgan fingerprint density at radius 1 is 1.22 bits per heavy atom. The molecule has 0 aromatic heterocycles. The van der Waals surface area contributed by atoms with Crippen molar-refractivity contribution in [2.24, 2.45) is 5.73 Å². The second-order valence-corrected chi connectivity index (χ2v) is 5.93. The third kappa shape index (κ3) is 4.59. The van der Waals surface area contributed by atoms with Crippen molar-refractivity contribution in [1.82, 2.24) is 4.90 Å². The summed E-state index contributed by atoms with van der Waals surface area (Å²) >= 11 is 3.59. The summed E-state index contributed by atoms with van der Waals surface area (Å²) in [6, 6.07) is 6.45. The van der Waals surface area contributed by atoms with Gasteiger partial charge in [-0.2, -0.15) is 0 Å². The zero-order valence-electron chi connectivity index (χ0n) is 11.8. The highest BCUT2D eigenvalue weighted by Gasteiger charge is 2.08. The average molecular weight is 314 g/mol. The summed E-state index contributed by atoms with van der Waals surface area (Å²) in [4.78, 5) is 4.49. The third-order valence-electron chi connectivity index (χ3n) is 3.01. The van der Waals surface area contributed by atoms with Gasteiger partial charge in [0.25, 0.3) is 0 Å². The van der Waals surface area contributed by atoms with E-state index in [0.29, 0.717) is 0 Å². The maximum Gasteiger partial charge on any atom is 0.0375 e. The van der Waals surface area contributed by atoms with E-state index in [0.717, 1.165) is 29.5 Å².